The number of rotatable bonds is 6. The molecule has 0 radical (unpaired) electrons. The molecule has 0 saturated heterocycles. The minimum Gasteiger partial charge on any atom is -0.462 e. The molecule has 0 aliphatic rings. The van der Waals surface area contributed by atoms with Gasteiger partial charge in [0.15, 0.2) is 5.69 Å². The zero-order chi connectivity index (χ0) is 18.4. The number of benzene rings is 1. The number of carbonyl (C=O) groups excluding carboxylic acids is 1. The van der Waals surface area contributed by atoms with Gasteiger partial charge in [0, 0.05) is 18.5 Å². The third kappa shape index (κ3) is 4.90. The predicted octanol–water partition coefficient (Wildman–Crippen LogP) is 2.95. The molecule has 0 saturated carbocycles. The molecule has 0 amide bonds. The van der Waals surface area contributed by atoms with E-state index < -0.39 is 23.4 Å². The number of aromatic nitrogens is 2. The molecule has 6 nitrogen and oxygen atoms in total. The van der Waals surface area contributed by atoms with Crippen molar-refractivity contribution in [2.45, 2.75) is 19.5 Å². The van der Waals surface area contributed by atoms with E-state index in [-0.39, 0.29) is 19.2 Å². The molecular weight excluding hydrogens is 339 g/mol. The molecule has 9 heteroatoms. The van der Waals surface area contributed by atoms with Crippen LogP contribution in [0.25, 0.3) is 0 Å². The number of nitrogens with zero attached hydrogens (tertiary/aromatic N) is 2. The molecule has 0 spiro atoms. The number of aliphatic hydroxyl groups excluding tert-OH is 1. The van der Waals surface area contributed by atoms with E-state index in [0.717, 1.165) is 11.8 Å². The molecule has 2 aromatic rings. The van der Waals surface area contributed by atoms with E-state index in [0.29, 0.717) is 12.1 Å². The van der Waals surface area contributed by atoms with Crippen LogP contribution in [-0.4, -0.2) is 34.3 Å². The van der Waals surface area contributed by atoms with Crippen molar-refractivity contribution in [1.29, 1.82) is 0 Å². The van der Waals surface area contributed by atoms with Crippen LogP contribution in [0.15, 0.2) is 30.5 Å². The molecule has 25 heavy (non-hydrogen) atoms. The van der Waals surface area contributed by atoms with Gasteiger partial charge < -0.3 is 15.2 Å². The quantitative estimate of drug-likeness (QED) is 0.775. The van der Waals surface area contributed by atoms with Crippen molar-refractivity contribution in [2.24, 2.45) is 0 Å². The van der Waals surface area contributed by atoms with E-state index in [9.17, 15) is 18.0 Å². The third-order valence-electron chi connectivity index (χ3n) is 3.16. The summed E-state index contributed by atoms with van der Waals surface area (Å²) in [5.41, 5.74) is -0.750. The number of hydrogen-bond donors (Lipinski definition) is 2. The molecule has 0 aliphatic heterocycles. The Balaban J connectivity index is 2.28. The molecule has 2 rings (SSSR count). The maximum Gasteiger partial charge on any atom is 0.434 e. The first-order valence-corrected chi connectivity index (χ1v) is 7.43. The maximum atomic E-state index is 13.2. The largest absolute Gasteiger partial charge is 0.462 e. The summed E-state index contributed by atoms with van der Waals surface area (Å²) in [5.74, 6) is -1.43. The molecule has 1 aromatic carbocycles. The molecule has 0 atom stereocenters. The number of aliphatic hydroxyl groups is 1. The highest BCUT2D eigenvalue weighted by molar-refractivity contribution is 5.90. The van der Waals surface area contributed by atoms with Crippen LogP contribution in [0.3, 0.4) is 0 Å². The van der Waals surface area contributed by atoms with Gasteiger partial charge in [-0.1, -0.05) is 12.1 Å². The minimum absolute atomic E-state index is 0.000150. The van der Waals surface area contributed by atoms with Gasteiger partial charge in [-0.2, -0.15) is 13.2 Å². The lowest BCUT2D eigenvalue weighted by Gasteiger charge is -2.13. The fraction of sp³-hybridized carbons (Fsp3) is 0.312. The van der Waals surface area contributed by atoms with Crippen LogP contribution in [0.1, 0.15) is 28.5 Å². The summed E-state index contributed by atoms with van der Waals surface area (Å²) >= 11 is 0. The second kappa shape index (κ2) is 7.93. The Labute approximate surface area is 141 Å². The zero-order valence-corrected chi connectivity index (χ0v) is 13.3. The van der Waals surface area contributed by atoms with Gasteiger partial charge in [0.2, 0.25) is 5.95 Å². The van der Waals surface area contributed by atoms with Crippen molar-refractivity contribution in [3.63, 3.8) is 0 Å². The Kier molecular flexibility index (Phi) is 5.92. The maximum absolute atomic E-state index is 13.2. The van der Waals surface area contributed by atoms with Crippen molar-refractivity contribution < 1.29 is 27.8 Å². The van der Waals surface area contributed by atoms with E-state index >= 15 is 0 Å². The minimum atomic E-state index is -4.83. The van der Waals surface area contributed by atoms with Gasteiger partial charge >= 0.3 is 12.1 Å². The summed E-state index contributed by atoms with van der Waals surface area (Å²) in [5, 5.41) is 11.5. The van der Waals surface area contributed by atoms with Crippen molar-refractivity contribution in [3.05, 3.63) is 47.3 Å². The van der Waals surface area contributed by atoms with Crippen LogP contribution in [0.2, 0.25) is 0 Å². The third-order valence-corrected chi connectivity index (χ3v) is 3.16. The van der Waals surface area contributed by atoms with Gasteiger partial charge in [0.25, 0.3) is 0 Å². The van der Waals surface area contributed by atoms with Crippen LogP contribution in [-0.2, 0) is 17.3 Å². The lowest BCUT2D eigenvalue weighted by molar-refractivity contribution is -0.141. The summed E-state index contributed by atoms with van der Waals surface area (Å²) in [6.45, 7) is 1.43. The number of hydrogen-bond acceptors (Lipinski definition) is 6. The Bertz CT molecular complexity index is 734. The standard InChI is InChI=1S/C16H16F3N3O3/c1-2-25-14(24)12-9-20-15(22-13(12)16(17,18)19)21-11-5-3-10(4-6-11)7-8-23/h3-6,9,23H,2,7-8H2,1H3,(H,20,21,22). The van der Waals surface area contributed by atoms with Crippen LogP contribution >= 0.6 is 0 Å². The monoisotopic (exact) mass is 355 g/mol. The van der Waals surface area contributed by atoms with Gasteiger partial charge in [-0.05, 0) is 31.0 Å². The van der Waals surface area contributed by atoms with Crippen LogP contribution < -0.4 is 5.32 Å². The van der Waals surface area contributed by atoms with Crippen molar-refractivity contribution in [1.82, 2.24) is 9.97 Å². The fourth-order valence-corrected chi connectivity index (χ4v) is 2.03. The average Bonchev–Trinajstić information content (AvgIpc) is 2.56. The zero-order valence-electron chi connectivity index (χ0n) is 13.3. The number of nitrogens with one attached hydrogen (secondary N) is 1. The van der Waals surface area contributed by atoms with Crippen molar-refractivity contribution >= 4 is 17.6 Å². The van der Waals surface area contributed by atoms with Gasteiger partial charge in [0.05, 0.1) is 6.61 Å². The first-order valence-electron chi connectivity index (χ1n) is 7.43. The summed E-state index contributed by atoms with van der Waals surface area (Å²) in [4.78, 5) is 18.8. The second-order valence-electron chi connectivity index (χ2n) is 4.97. The number of anilines is 2. The van der Waals surface area contributed by atoms with Gasteiger partial charge in [-0.25, -0.2) is 14.8 Å². The SMILES string of the molecule is CCOC(=O)c1cnc(Nc2ccc(CCO)cc2)nc1C(F)(F)F. The van der Waals surface area contributed by atoms with Crippen LogP contribution in [0, 0.1) is 0 Å². The number of ether oxygens (including phenoxy) is 1. The lowest BCUT2D eigenvalue weighted by atomic mass is 10.1. The van der Waals surface area contributed by atoms with Gasteiger partial charge in [0.1, 0.15) is 5.56 Å². The Morgan fingerprint density at radius 1 is 1.28 bits per heavy atom. The number of esters is 1. The normalized spacial score (nSPS) is 11.2. The number of halogens is 3. The summed E-state index contributed by atoms with van der Waals surface area (Å²) in [6.07, 6.45) is -3.56. The highest BCUT2D eigenvalue weighted by atomic mass is 19.4. The van der Waals surface area contributed by atoms with Crippen LogP contribution in [0.4, 0.5) is 24.8 Å². The Morgan fingerprint density at radius 2 is 1.96 bits per heavy atom. The van der Waals surface area contributed by atoms with Crippen LogP contribution in [0.5, 0.6) is 0 Å². The highest BCUT2D eigenvalue weighted by Gasteiger charge is 2.38. The number of carbonyl (C=O) groups is 1. The van der Waals surface area contributed by atoms with E-state index in [4.69, 9.17) is 5.11 Å². The van der Waals surface area contributed by atoms with Crippen molar-refractivity contribution in [2.75, 3.05) is 18.5 Å². The van der Waals surface area contributed by atoms with E-state index in [2.05, 4.69) is 20.0 Å². The molecule has 0 bridgehead atoms. The fourth-order valence-electron chi connectivity index (χ4n) is 2.03. The summed E-state index contributed by atoms with van der Waals surface area (Å²) < 4.78 is 44.1. The molecule has 2 N–H and O–H groups in total. The van der Waals surface area contributed by atoms with Crippen molar-refractivity contribution in [3.8, 4) is 0 Å². The Morgan fingerprint density at radius 3 is 2.52 bits per heavy atom. The molecule has 134 valence electrons. The van der Waals surface area contributed by atoms with E-state index in [1.165, 1.54) is 6.92 Å². The van der Waals surface area contributed by atoms with E-state index in [1.807, 2.05) is 0 Å². The summed E-state index contributed by atoms with van der Waals surface area (Å²) in [6, 6.07) is 6.69. The van der Waals surface area contributed by atoms with E-state index in [1.54, 1.807) is 24.3 Å². The number of alkyl halides is 3. The average molecular weight is 355 g/mol. The molecule has 0 fully saturated rings. The smallest absolute Gasteiger partial charge is 0.434 e. The Hall–Kier alpha value is -2.68. The topological polar surface area (TPSA) is 84.3 Å². The second-order valence-corrected chi connectivity index (χ2v) is 4.97. The predicted molar refractivity (Wildman–Crippen MR) is 83.5 cm³/mol. The summed E-state index contributed by atoms with van der Waals surface area (Å²) in [7, 11) is 0. The molecule has 1 heterocycles. The first-order chi connectivity index (χ1) is 11.8. The lowest BCUT2D eigenvalue weighted by Crippen LogP contribution is -2.19. The molecule has 1 aromatic heterocycles. The highest BCUT2D eigenvalue weighted by Crippen LogP contribution is 2.31. The molecule has 0 aliphatic carbocycles. The molecule has 0 unspecified atom stereocenters. The van der Waals surface area contributed by atoms with Gasteiger partial charge in [-0.15, -0.1) is 0 Å². The first kappa shape index (κ1) is 18.7. The van der Waals surface area contributed by atoms with Gasteiger partial charge in [-0.3, -0.25) is 0 Å². The molecular formula is C16H16F3N3O3.